The summed E-state index contributed by atoms with van der Waals surface area (Å²) in [6.07, 6.45) is 6.05. The molecular weight excluding hydrogens is 268 g/mol. The van der Waals surface area contributed by atoms with Gasteiger partial charge in [-0.1, -0.05) is 0 Å². The highest BCUT2D eigenvalue weighted by atomic mass is 32.1. The first kappa shape index (κ1) is 13.5. The van der Waals surface area contributed by atoms with E-state index in [0.717, 1.165) is 25.6 Å². The molecule has 1 aliphatic heterocycles. The summed E-state index contributed by atoms with van der Waals surface area (Å²) in [7, 11) is 0. The van der Waals surface area contributed by atoms with E-state index in [4.69, 9.17) is 0 Å². The molecule has 0 spiro atoms. The van der Waals surface area contributed by atoms with Gasteiger partial charge >= 0.3 is 0 Å². The summed E-state index contributed by atoms with van der Waals surface area (Å²) in [6, 6.07) is 4.57. The number of hydrogen-bond acceptors (Lipinski definition) is 5. The molecule has 4 nitrogen and oxygen atoms in total. The van der Waals surface area contributed by atoms with Crippen LogP contribution < -0.4 is 10.2 Å². The van der Waals surface area contributed by atoms with Gasteiger partial charge in [0.05, 0.1) is 0 Å². The molecule has 1 aliphatic rings. The average molecular weight is 288 g/mol. The monoisotopic (exact) mass is 288 g/mol. The third-order valence-corrected chi connectivity index (χ3v) is 4.80. The number of thiophene rings is 1. The predicted molar refractivity (Wildman–Crippen MR) is 83.2 cm³/mol. The smallest absolute Gasteiger partial charge is 0.225 e. The van der Waals surface area contributed by atoms with E-state index < -0.39 is 0 Å². The molecule has 106 valence electrons. The van der Waals surface area contributed by atoms with E-state index in [1.807, 2.05) is 29.8 Å². The molecule has 1 atom stereocenters. The van der Waals surface area contributed by atoms with Crippen molar-refractivity contribution in [3.8, 4) is 0 Å². The van der Waals surface area contributed by atoms with Crippen LogP contribution >= 0.6 is 11.3 Å². The first-order chi connectivity index (χ1) is 9.83. The Morgan fingerprint density at radius 1 is 1.40 bits per heavy atom. The van der Waals surface area contributed by atoms with Gasteiger partial charge in [0.2, 0.25) is 5.95 Å². The number of hydrogen-bond donors (Lipinski definition) is 1. The maximum atomic E-state index is 4.35. The fraction of sp³-hybridized carbons (Fsp3) is 0.467. The maximum Gasteiger partial charge on any atom is 0.225 e. The molecule has 2 aromatic rings. The lowest BCUT2D eigenvalue weighted by molar-refractivity contribution is 0.419. The lowest BCUT2D eigenvalue weighted by Gasteiger charge is -2.33. The average Bonchev–Trinajstić information content (AvgIpc) is 2.92. The van der Waals surface area contributed by atoms with Crippen molar-refractivity contribution in [2.75, 3.05) is 18.0 Å². The number of piperidine rings is 1. The number of rotatable bonds is 4. The Morgan fingerprint density at radius 2 is 2.25 bits per heavy atom. The van der Waals surface area contributed by atoms with Gasteiger partial charge in [0.1, 0.15) is 0 Å². The lowest BCUT2D eigenvalue weighted by Crippen LogP contribution is -2.46. The van der Waals surface area contributed by atoms with E-state index in [1.165, 1.54) is 23.3 Å². The van der Waals surface area contributed by atoms with Gasteiger partial charge in [-0.05, 0) is 42.8 Å². The third kappa shape index (κ3) is 3.16. The molecule has 0 bridgehead atoms. The molecule has 1 fully saturated rings. The molecule has 0 saturated carbocycles. The topological polar surface area (TPSA) is 41.0 Å². The molecule has 5 heteroatoms. The molecule has 3 rings (SSSR count). The molecule has 1 N–H and O–H groups in total. The van der Waals surface area contributed by atoms with Gasteiger partial charge in [-0.25, -0.2) is 9.97 Å². The van der Waals surface area contributed by atoms with Crippen molar-refractivity contribution >= 4 is 17.3 Å². The maximum absolute atomic E-state index is 4.35. The summed E-state index contributed by atoms with van der Waals surface area (Å²) in [5, 5.41) is 5.84. The number of aromatic nitrogens is 2. The van der Waals surface area contributed by atoms with Crippen molar-refractivity contribution in [1.29, 1.82) is 0 Å². The van der Waals surface area contributed by atoms with Crippen LogP contribution in [0.1, 0.15) is 23.3 Å². The summed E-state index contributed by atoms with van der Waals surface area (Å²) < 4.78 is 0. The molecule has 0 aromatic carbocycles. The molecule has 2 aromatic heterocycles. The van der Waals surface area contributed by atoms with Crippen LogP contribution in [0.15, 0.2) is 29.9 Å². The summed E-state index contributed by atoms with van der Waals surface area (Å²) in [6.45, 7) is 5.20. The zero-order valence-corrected chi connectivity index (χ0v) is 12.6. The fourth-order valence-electron chi connectivity index (χ4n) is 2.60. The molecule has 0 amide bonds. The highest BCUT2D eigenvalue weighted by Gasteiger charge is 2.21. The highest BCUT2D eigenvalue weighted by molar-refractivity contribution is 7.10. The minimum atomic E-state index is 0.522. The van der Waals surface area contributed by atoms with Gasteiger partial charge in [0, 0.05) is 42.9 Å². The Morgan fingerprint density at radius 3 is 3.00 bits per heavy atom. The molecule has 3 heterocycles. The lowest BCUT2D eigenvalue weighted by atomic mass is 10.1. The predicted octanol–water partition coefficient (Wildman–Crippen LogP) is 2.61. The van der Waals surface area contributed by atoms with Crippen LogP contribution in [0.5, 0.6) is 0 Å². The summed E-state index contributed by atoms with van der Waals surface area (Å²) in [5.74, 6) is 0.853. The number of aryl methyl sites for hydroxylation is 1. The van der Waals surface area contributed by atoms with Crippen LogP contribution in [-0.4, -0.2) is 29.1 Å². The fourth-order valence-corrected chi connectivity index (χ4v) is 3.46. The zero-order valence-electron chi connectivity index (χ0n) is 11.7. The molecule has 0 aliphatic carbocycles. The quantitative estimate of drug-likeness (QED) is 0.939. The molecule has 0 unspecified atom stereocenters. The summed E-state index contributed by atoms with van der Waals surface area (Å²) in [4.78, 5) is 12.4. The SMILES string of the molecule is Cc1ccsc1CN[C@@H]1CCCN(c2ncccn2)C1. The van der Waals surface area contributed by atoms with Crippen LogP contribution in [0, 0.1) is 6.92 Å². The number of nitrogens with zero attached hydrogens (tertiary/aromatic N) is 3. The van der Waals surface area contributed by atoms with Crippen LogP contribution in [0.4, 0.5) is 5.95 Å². The van der Waals surface area contributed by atoms with Crippen molar-refractivity contribution in [2.24, 2.45) is 0 Å². The minimum absolute atomic E-state index is 0.522. The standard InChI is InChI=1S/C15H20N4S/c1-12-5-9-20-14(12)10-18-13-4-2-8-19(11-13)15-16-6-3-7-17-15/h3,5-7,9,13,18H,2,4,8,10-11H2,1H3/t13-/m1/s1. The van der Waals surface area contributed by atoms with Crippen LogP contribution in [0.3, 0.4) is 0 Å². The Kier molecular flexibility index (Phi) is 4.28. The second kappa shape index (κ2) is 6.33. The number of nitrogens with one attached hydrogen (secondary N) is 1. The second-order valence-electron chi connectivity index (χ2n) is 5.24. The Labute approximate surface area is 123 Å². The minimum Gasteiger partial charge on any atom is -0.339 e. The van der Waals surface area contributed by atoms with E-state index in [1.54, 1.807) is 0 Å². The largest absolute Gasteiger partial charge is 0.339 e. The normalized spacial score (nSPS) is 19.2. The van der Waals surface area contributed by atoms with Gasteiger partial charge in [-0.2, -0.15) is 0 Å². The summed E-state index contributed by atoms with van der Waals surface area (Å²) >= 11 is 1.83. The molecule has 0 radical (unpaired) electrons. The van der Waals surface area contributed by atoms with Crippen molar-refractivity contribution in [3.63, 3.8) is 0 Å². The van der Waals surface area contributed by atoms with Gasteiger partial charge in [-0.3, -0.25) is 0 Å². The van der Waals surface area contributed by atoms with E-state index in [2.05, 4.69) is 38.6 Å². The van der Waals surface area contributed by atoms with E-state index >= 15 is 0 Å². The first-order valence-corrected chi connectivity index (χ1v) is 7.99. The molecule has 1 saturated heterocycles. The molecule has 20 heavy (non-hydrogen) atoms. The van der Waals surface area contributed by atoms with E-state index in [9.17, 15) is 0 Å². The van der Waals surface area contributed by atoms with Gasteiger partial charge in [0.15, 0.2) is 0 Å². The van der Waals surface area contributed by atoms with Gasteiger partial charge in [-0.15, -0.1) is 11.3 Å². The van der Waals surface area contributed by atoms with Crippen LogP contribution in [0.25, 0.3) is 0 Å². The Hall–Kier alpha value is -1.46. The highest BCUT2D eigenvalue weighted by Crippen LogP contribution is 2.18. The van der Waals surface area contributed by atoms with E-state index in [0.29, 0.717) is 6.04 Å². The Balaban J connectivity index is 1.57. The molecular formula is C15H20N4S. The van der Waals surface area contributed by atoms with Crippen molar-refractivity contribution < 1.29 is 0 Å². The van der Waals surface area contributed by atoms with Crippen LogP contribution in [-0.2, 0) is 6.54 Å². The van der Waals surface area contributed by atoms with Gasteiger partial charge in [0.25, 0.3) is 0 Å². The van der Waals surface area contributed by atoms with Crippen molar-refractivity contribution in [2.45, 2.75) is 32.4 Å². The van der Waals surface area contributed by atoms with E-state index in [-0.39, 0.29) is 0 Å². The number of anilines is 1. The zero-order chi connectivity index (χ0) is 13.8. The van der Waals surface area contributed by atoms with Crippen LogP contribution in [0.2, 0.25) is 0 Å². The summed E-state index contributed by atoms with van der Waals surface area (Å²) in [5.41, 5.74) is 1.39. The first-order valence-electron chi connectivity index (χ1n) is 7.11. The van der Waals surface area contributed by atoms with Crippen molar-refractivity contribution in [3.05, 3.63) is 40.3 Å². The Bertz CT molecular complexity index is 540. The third-order valence-electron chi connectivity index (χ3n) is 3.78. The van der Waals surface area contributed by atoms with Crippen molar-refractivity contribution in [1.82, 2.24) is 15.3 Å². The second-order valence-corrected chi connectivity index (χ2v) is 6.24. The van der Waals surface area contributed by atoms with Gasteiger partial charge < -0.3 is 10.2 Å².